The van der Waals surface area contributed by atoms with Gasteiger partial charge in [0.15, 0.2) is 0 Å². The predicted octanol–water partition coefficient (Wildman–Crippen LogP) is 2.44. The fourth-order valence-corrected chi connectivity index (χ4v) is 3.78. The number of rotatable bonds is 3. The van der Waals surface area contributed by atoms with Crippen LogP contribution in [0.15, 0.2) is 29.8 Å². The third kappa shape index (κ3) is 2.88. The smallest absolute Gasteiger partial charge is 0.335 e. The van der Waals surface area contributed by atoms with E-state index in [4.69, 9.17) is 4.74 Å². The van der Waals surface area contributed by atoms with Gasteiger partial charge in [0.05, 0.1) is 12.7 Å². The topological polar surface area (TPSA) is 58.6 Å². The zero-order chi connectivity index (χ0) is 16.6. The Morgan fingerprint density at radius 1 is 1.30 bits per heavy atom. The lowest BCUT2D eigenvalue weighted by atomic mass is 9.88. The molecule has 2 bridgehead atoms. The Hall–Kier alpha value is -2.14. The van der Waals surface area contributed by atoms with Crippen molar-refractivity contribution in [3.8, 4) is 0 Å². The Labute approximate surface area is 136 Å². The SMILES string of the molecule is COC(=O)C1=C(c2cccc(NC(C)=O)c2)C[C@@H]2CC[C@H]1N2C. The lowest BCUT2D eigenvalue weighted by Crippen LogP contribution is -2.40. The van der Waals surface area contributed by atoms with Gasteiger partial charge in [0.2, 0.25) is 5.91 Å². The van der Waals surface area contributed by atoms with E-state index in [1.165, 1.54) is 14.0 Å². The van der Waals surface area contributed by atoms with Crippen molar-refractivity contribution in [1.82, 2.24) is 4.90 Å². The molecule has 5 nitrogen and oxygen atoms in total. The molecule has 2 heterocycles. The van der Waals surface area contributed by atoms with Crippen LogP contribution in [0.25, 0.3) is 5.57 Å². The van der Waals surface area contributed by atoms with Crippen molar-refractivity contribution in [1.29, 1.82) is 0 Å². The zero-order valence-corrected chi connectivity index (χ0v) is 13.8. The monoisotopic (exact) mass is 314 g/mol. The van der Waals surface area contributed by atoms with E-state index in [0.29, 0.717) is 6.04 Å². The van der Waals surface area contributed by atoms with Gasteiger partial charge in [0.25, 0.3) is 0 Å². The first-order valence-electron chi connectivity index (χ1n) is 7.92. The third-order valence-corrected chi connectivity index (χ3v) is 4.88. The van der Waals surface area contributed by atoms with Crippen LogP contribution >= 0.6 is 0 Å². The first-order valence-corrected chi connectivity index (χ1v) is 7.92. The van der Waals surface area contributed by atoms with Crippen LogP contribution in [0, 0.1) is 0 Å². The zero-order valence-electron chi connectivity index (χ0n) is 13.8. The second kappa shape index (κ2) is 6.16. The maximum atomic E-state index is 12.4. The number of carbonyl (C=O) groups excluding carboxylic acids is 2. The molecule has 0 aromatic heterocycles. The number of hydrogen-bond donors (Lipinski definition) is 1. The van der Waals surface area contributed by atoms with Gasteiger partial charge < -0.3 is 10.1 Å². The number of amides is 1. The molecule has 1 amide bonds. The van der Waals surface area contributed by atoms with Crippen molar-refractivity contribution in [3.63, 3.8) is 0 Å². The van der Waals surface area contributed by atoms with Gasteiger partial charge in [0, 0.05) is 24.7 Å². The van der Waals surface area contributed by atoms with Gasteiger partial charge in [-0.1, -0.05) is 12.1 Å². The summed E-state index contributed by atoms with van der Waals surface area (Å²) in [6.07, 6.45) is 2.91. The van der Waals surface area contributed by atoms with Crippen molar-refractivity contribution in [2.45, 2.75) is 38.3 Å². The maximum Gasteiger partial charge on any atom is 0.335 e. The van der Waals surface area contributed by atoms with E-state index in [9.17, 15) is 9.59 Å². The molecule has 0 radical (unpaired) electrons. The Morgan fingerprint density at radius 3 is 2.78 bits per heavy atom. The highest BCUT2D eigenvalue weighted by molar-refractivity contribution is 6.00. The third-order valence-electron chi connectivity index (χ3n) is 4.88. The van der Waals surface area contributed by atoms with E-state index >= 15 is 0 Å². The van der Waals surface area contributed by atoms with Gasteiger partial charge in [-0.3, -0.25) is 9.69 Å². The number of methoxy groups -OCH3 is 1. The Bertz CT molecular complexity index is 681. The highest BCUT2D eigenvalue weighted by atomic mass is 16.5. The number of nitrogens with one attached hydrogen (secondary N) is 1. The predicted molar refractivity (Wildman–Crippen MR) is 88.9 cm³/mol. The summed E-state index contributed by atoms with van der Waals surface area (Å²) in [7, 11) is 3.51. The molecule has 1 aromatic rings. The van der Waals surface area contributed by atoms with Crippen LogP contribution in [0.1, 0.15) is 31.7 Å². The number of ether oxygens (including phenoxy) is 1. The van der Waals surface area contributed by atoms with E-state index in [1.54, 1.807) is 0 Å². The minimum Gasteiger partial charge on any atom is -0.466 e. The molecule has 0 unspecified atom stereocenters. The number of hydrogen-bond acceptors (Lipinski definition) is 4. The van der Waals surface area contributed by atoms with Gasteiger partial charge in [-0.25, -0.2) is 4.79 Å². The molecule has 1 fully saturated rings. The number of benzene rings is 1. The molecule has 0 spiro atoms. The van der Waals surface area contributed by atoms with Crippen molar-refractivity contribution < 1.29 is 14.3 Å². The van der Waals surface area contributed by atoms with Crippen LogP contribution in [-0.2, 0) is 14.3 Å². The first kappa shape index (κ1) is 15.7. The number of esters is 1. The molecule has 1 saturated heterocycles. The summed E-state index contributed by atoms with van der Waals surface area (Å²) in [4.78, 5) is 25.9. The quantitative estimate of drug-likeness (QED) is 0.871. The summed E-state index contributed by atoms with van der Waals surface area (Å²) >= 11 is 0. The molecular weight excluding hydrogens is 292 g/mol. The molecular formula is C18H22N2O3. The summed E-state index contributed by atoms with van der Waals surface area (Å²) in [5, 5.41) is 2.80. The molecule has 5 heteroatoms. The number of anilines is 1. The standard InChI is InChI=1S/C18H22N2O3/c1-11(21)19-13-6-4-5-12(9-13)15-10-14-7-8-16(20(14)2)17(15)18(22)23-3/h4-6,9,14,16H,7-8,10H2,1-3H3,(H,19,21)/t14-,16+/m0/s1. The lowest BCUT2D eigenvalue weighted by Gasteiger charge is -2.34. The highest BCUT2D eigenvalue weighted by Crippen LogP contribution is 2.42. The molecule has 3 rings (SSSR count). The number of likely N-dealkylation sites (N-methyl/N-ethyl adjacent to an activating group) is 1. The first-order chi connectivity index (χ1) is 11.0. The summed E-state index contributed by atoms with van der Waals surface area (Å²) in [6, 6.07) is 8.28. The Kier molecular flexibility index (Phi) is 4.22. The number of carbonyl (C=O) groups is 2. The summed E-state index contributed by atoms with van der Waals surface area (Å²) in [6.45, 7) is 1.49. The molecule has 2 aliphatic heterocycles. The van der Waals surface area contributed by atoms with Crippen molar-refractivity contribution in [2.24, 2.45) is 0 Å². The minimum absolute atomic E-state index is 0.104. The molecule has 0 saturated carbocycles. The summed E-state index contributed by atoms with van der Waals surface area (Å²) < 4.78 is 5.04. The molecule has 0 aliphatic carbocycles. The summed E-state index contributed by atoms with van der Waals surface area (Å²) in [5.41, 5.74) is 3.55. The molecule has 1 aromatic carbocycles. The van der Waals surface area contributed by atoms with E-state index in [2.05, 4.69) is 17.3 Å². The van der Waals surface area contributed by atoms with Gasteiger partial charge in [0.1, 0.15) is 0 Å². The molecule has 23 heavy (non-hydrogen) atoms. The van der Waals surface area contributed by atoms with Crippen LogP contribution in [0.5, 0.6) is 0 Å². The van der Waals surface area contributed by atoms with Crippen LogP contribution in [0.2, 0.25) is 0 Å². The molecule has 1 N–H and O–H groups in total. The van der Waals surface area contributed by atoms with E-state index in [1.807, 2.05) is 24.3 Å². The highest BCUT2D eigenvalue weighted by Gasteiger charge is 2.42. The fourth-order valence-electron chi connectivity index (χ4n) is 3.78. The second-order valence-electron chi connectivity index (χ2n) is 6.26. The summed E-state index contributed by atoms with van der Waals surface area (Å²) in [5.74, 6) is -0.352. The molecule has 122 valence electrons. The van der Waals surface area contributed by atoms with Gasteiger partial charge >= 0.3 is 5.97 Å². The van der Waals surface area contributed by atoms with Gasteiger partial charge in [-0.05, 0) is 49.6 Å². The Morgan fingerprint density at radius 2 is 2.09 bits per heavy atom. The van der Waals surface area contributed by atoms with Crippen molar-refractivity contribution in [2.75, 3.05) is 19.5 Å². The van der Waals surface area contributed by atoms with Crippen molar-refractivity contribution in [3.05, 3.63) is 35.4 Å². The molecule has 2 atom stereocenters. The average molecular weight is 314 g/mol. The van der Waals surface area contributed by atoms with E-state index in [0.717, 1.165) is 41.7 Å². The lowest BCUT2D eigenvalue weighted by molar-refractivity contribution is -0.136. The minimum atomic E-state index is -0.248. The van der Waals surface area contributed by atoms with Crippen LogP contribution < -0.4 is 5.32 Å². The van der Waals surface area contributed by atoms with Crippen LogP contribution in [-0.4, -0.2) is 43.0 Å². The molecule has 2 aliphatic rings. The van der Waals surface area contributed by atoms with Crippen LogP contribution in [0.3, 0.4) is 0 Å². The van der Waals surface area contributed by atoms with E-state index < -0.39 is 0 Å². The number of nitrogens with zero attached hydrogens (tertiary/aromatic N) is 1. The van der Waals surface area contributed by atoms with Crippen LogP contribution in [0.4, 0.5) is 5.69 Å². The normalized spacial score (nSPS) is 23.8. The van der Waals surface area contributed by atoms with E-state index in [-0.39, 0.29) is 17.9 Å². The second-order valence-corrected chi connectivity index (χ2v) is 6.26. The number of fused-ring (bicyclic) bond motifs is 2. The van der Waals surface area contributed by atoms with Crippen molar-refractivity contribution >= 4 is 23.1 Å². The average Bonchev–Trinajstić information content (AvgIpc) is 2.76. The van der Waals surface area contributed by atoms with Gasteiger partial charge in [-0.15, -0.1) is 0 Å². The Balaban J connectivity index is 2.06. The largest absolute Gasteiger partial charge is 0.466 e. The fraction of sp³-hybridized carbons (Fsp3) is 0.444. The maximum absolute atomic E-state index is 12.4. The van der Waals surface area contributed by atoms with Gasteiger partial charge in [-0.2, -0.15) is 0 Å².